The van der Waals surface area contributed by atoms with E-state index < -0.39 is 28.9 Å². The van der Waals surface area contributed by atoms with Gasteiger partial charge in [0.05, 0.1) is 11.3 Å². The maximum atomic E-state index is 13.5. The van der Waals surface area contributed by atoms with Gasteiger partial charge in [-0.3, -0.25) is 4.79 Å². The van der Waals surface area contributed by atoms with E-state index in [-0.39, 0.29) is 0 Å². The van der Waals surface area contributed by atoms with Crippen LogP contribution in [-0.2, 0) is 0 Å². The molecule has 0 heterocycles. The molecule has 2 aromatic carbocycles. The smallest absolute Gasteiger partial charge is 0.258 e. The van der Waals surface area contributed by atoms with E-state index >= 15 is 0 Å². The minimum Gasteiger partial charge on any atom is -0.321 e. The molecular formula is C14H8BrClF3NO. The number of hydrogen-bond acceptors (Lipinski definition) is 1. The third kappa shape index (κ3) is 3.22. The van der Waals surface area contributed by atoms with Crippen LogP contribution in [0.5, 0.6) is 0 Å². The molecule has 2 aromatic rings. The minimum absolute atomic E-state index is 0.291. The number of nitrogens with one attached hydrogen (secondary N) is 1. The van der Waals surface area contributed by atoms with E-state index in [1.807, 2.05) is 0 Å². The van der Waals surface area contributed by atoms with E-state index in [0.717, 1.165) is 11.6 Å². The van der Waals surface area contributed by atoms with E-state index in [0.29, 0.717) is 21.2 Å². The van der Waals surface area contributed by atoms with Crippen LogP contribution in [0.15, 0.2) is 28.7 Å². The molecule has 0 spiro atoms. The summed E-state index contributed by atoms with van der Waals surface area (Å²) < 4.78 is 40.0. The topological polar surface area (TPSA) is 29.1 Å². The fourth-order valence-corrected chi connectivity index (χ4v) is 2.35. The van der Waals surface area contributed by atoms with Crippen molar-refractivity contribution in [3.63, 3.8) is 0 Å². The van der Waals surface area contributed by atoms with Crippen LogP contribution in [0.2, 0.25) is 5.02 Å². The molecule has 1 amide bonds. The third-order valence-corrected chi connectivity index (χ3v) is 3.84. The lowest BCUT2D eigenvalue weighted by atomic mass is 10.1. The second-order valence-electron chi connectivity index (χ2n) is 4.26. The highest BCUT2D eigenvalue weighted by Crippen LogP contribution is 2.29. The van der Waals surface area contributed by atoms with Crippen LogP contribution in [0.1, 0.15) is 15.9 Å². The van der Waals surface area contributed by atoms with Gasteiger partial charge in [-0.1, -0.05) is 11.6 Å². The Morgan fingerprint density at radius 3 is 2.52 bits per heavy atom. The van der Waals surface area contributed by atoms with Crippen molar-refractivity contribution in [1.82, 2.24) is 0 Å². The highest BCUT2D eigenvalue weighted by Gasteiger charge is 2.19. The first-order valence-electron chi connectivity index (χ1n) is 5.71. The zero-order valence-electron chi connectivity index (χ0n) is 10.6. The lowest BCUT2D eigenvalue weighted by Crippen LogP contribution is -2.15. The Balaban J connectivity index is 2.35. The Morgan fingerprint density at radius 2 is 1.86 bits per heavy atom. The fraction of sp³-hybridized carbons (Fsp3) is 0.0714. The number of rotatable bonds is 2. The summed E-state index contributed by atoms with van der Waals surface area (Å²) in [6.45, 7) is 1.77. The zero-order valence-corrected chi connectivity index (χ0v) is 12.9. The molecule has 2 nitrogen and oxygen atoms in total. The predicted molar refractivity (Wildman–Crippen MR) is 78.2 cm³/mol. The largest absolute Gasteiger partial charge is 0.321 e. The fourth-order valence-electron chi connectivity index (χ4n) is 1.63. The number of carbonyl (C=O) groups excluding carboxylic acids is 1. The molecule has 0 bridgehead atoms. The highest BCUT2D eigenvalue weighted by molar-refractivity contribution is 9.10. The van der Waals surface area contributed by atoms with E-state index in [1.165, 1.54) is 6.07 Å². The van der Waals surface area contributed by atoms with Crippen LogP contribution in [-0.4, -0.2) is 5.91 Å². The van der Waals surface area contributed by atoms with Crippen molar-refractivity contribution in [1.29, 1.82) is 0 Å². The average Bonchev–Trinajstić information content (AvgIpc) is 2.42. The lowest BCUT2D eigenvalue weighted by Gasteiger charge is -2.10. The number of aryl methyl sites for hydroxylation is 1. The Morgan fingerprint density at radius 1 is 1.19 bits per heavy atom. The van der Waals surface area contributed by atoms with E-state index in [4.69, 9.17) is 11.6 Å². The third-order valence-electron chi connectivity index (χ3n) is 2.78. The number of anilines is 1. The summed E-state index contributed by atoms with van der Waals surface area (Å²) in [4.78, 5) is 11.9. The Labute approximate surface area is 132 Å². The molecule has 110 valence electrons. The zero-order chi connectivity index (χ0) is 15.7. The standard InChI is InChI=1S/C14H8BrClF3NO/c1-6-4-8(15)11(5-9(6)16)20-14(21)7-2-3-10(17)13(19)12(7)18/h2-5H,1H3,(H,20,21). The van der Waals surface area contributed by atoms with Crippen molar-refractivity contribution in [3.05, 3.63) is 62.3 Å². The first-order valence-corrected chi connectivity index (χ1v) is 6.89. The molecule has 21 heavy (non-hydrogen) atoms. The number of carbonyl (C=O) groups is 1. The molecule has 0 saturated heterocycles. The lowest BCUT2D eigenvalue weighted by molar-refractivity contribution is 0.102. The highest BCUT2D eigenvalue weighted by atomic mass is 79.9. The molecule has 0 unspecified atom stereocenters. The summed E-state index contributed by atoms with van der Waals surface area (Å²) in [5.41, 5.74) is 0.470. The van der Waals surface area contributed by atoms with Crippen LogP contribution in [0.4, 0.5) is 18.9 Å². The quantitative estimate of drug-likeness (QED) is 0.726. The molecule has 7 heteroatoms. The molecule has 0 fully saturated rings. The van der Waals surface area contributed by atoms with Crippen LogP contribution in [0, 0.1) is 24.4 Å². The number of amides is 1. The van der Waals surface area contributed by atoms with Crippen LogP contribution < -0.4 is 5.32 Å². The molecule has 1 N–H and O–H groups in total. The van der Waals surface area contributed by atoms with Crippen LogP contribution in [0.25, 0.3) is 0 Å². The van der Waals surface area contributed by atoms with Crippen molar-refractivity contribution in [2.45, 2.75) is 6.92 Å². The van der Waals surface area contributed by atoms with Gasteiger partial charge < -0.3 is 5.32 Å². The summed E-state index contributed by atoms with van der Waals surface area (Å²) in [5.74, 6) is -5.50. The van der Waals surface area contributed by atoms with Crippen molar-refractivity contribution in [3.8, 4) is 0 Å². The Hall–Kier alpha value is -1.53. The van der Waals surface area contributed by atoms with Crippen LogP contribution in [0.3, 0.4) is 0 Å². The first-order chi connectivity index (χ1) is 9.81. The van der Waals surface area contributed by atoms with Gasteiger partial charge in [0.15, 0.2) is 17.5 Å². The monoisotopic (exact) mass is 377 g/mol. The molecule has 0 radical (unpaired) electrons. The van der Waals surface area contributed by atoms with Gasteiger partial charge in [0.1, 0.15) is 0 Å². The van der Waals surface area contributed by atoms with Gasteiger partial charge in [-0.25, -0.2) is 13.2 Å². The van der Waals surface area contributed by atoms with Gasteiger partial charge >= 0.3 is 0 Å². The van der Waals surface area contributed by atoms with Gasteiger partial charge in [0, 0.05) is 9.50 Å². The van der Waals surface area contributed by atoms with Crippen LogP contribution >= 0.6 is 27.5 Å². The Bertz CT molecular complexity index is 737. The summed E-state index contributed by atoms with van der Waals surface area (Å²) in [7, 11) is 0. The molecule has 0 aliphatic rings. The van der Waals surface area contributed by atoms with Crippen molar-refractivity contribution in [2.75, 3.05) is 5.32 Å². The van der Waals surface area contributed by atoms with Crippen molar-refractivity contribution in [2.24, 2.45) is 0 Å². The number of hydrogen-bond donors (Lipinski definition) is 1. The van der Waals surface area contributed by atoms with Gasteiger partial charge in [-0.05, 0) is 52.7 Å². The molecule has 0 atom stereocenters. The van der Waals surface area contributed by atoms with Gasteiger partial charge in [-0.15, -0.1) is 0 Å². The molecule has 2 rings (SSSR count). The predicted octanol–water partition coefficient (Wildman–Crippen LogP) is 5.08. The number of halogens is 5. The summed E-state index contributed by atoms with van der Waals surface area (Å²) >= 11 is 9.16. The first kappa shape index (κ1) is 15.9. The summed E-state index contributed by atoms with van der Waals surface area (Å²) in [6.07, 6.45) is 0. The van der Waals surface area contributed by atoms with E-state index in [2.05, 4.69) is 21.2 Å². The average molecular weight is 379 g/mol. The number of benzene rings is 2. The van der Waals surface area contributed by atoms with Gasteiger partial charge in [0.25, 0.3) is 5.91 Å². The van der Waals surface area contributed by atoms with Crippen molar-refractivity contribution >= 4 is 39.1 Å². The van der Waals surface area contributed by atoms with E-state index in [1.54, 1.807) is 13.0 Å². The molecule has 0 aliphatic carbocycles. The maximum Gasteiger partial charge on any atom is 0.258 e. The maximum absolute atomic E-state index is 13.5. The molecule has 0 aromatic heterocycles. The normalized spacial score (nSPS) is 10.6. The SMILES string of the molecule is Cc1cc(Br)c(NC(=O)c2ccc(F)c(F)c2F)cc1Cl. The van der Waals surface area contributed by atoms with Gasteiger partial charge in [0.2, 0.25) is 0 Å². The second-order valence-corrected chi connectivity index (χ2v) is 5.52. The minimum atomic E-state index is -1.69. The van der Waals surface area contributed by atoms with Crippen molar-refractivity contribution < 1.29 is 18.0 Å². The molecule has 0 saturated carbocycles. The molecular weight excluding hydrogens is 371 g/mol. The van der Waals surface area contributed by atoms with Gasteiger partial charge in [-0.2, -0.15) is 0 Å². The molecule has 0 aliphatic heterocycles. The summed E-state index contributed by atoms with van der Waals surface area (Å²) in [5, 5.41) is 2.78. The summed E-state index contributed by atoms with van der Waals surface area (Å²) in [6, 6.07) is 4.69. The van der Waals surface area contributed by atoms with E-state index in [9.17, 15) is 18.0 Å². The Kier molecular flexibility index (Phi) is 4.58. The second kappa shape index (κ2) is 6.07.